The van der Waals surface area contributed by atoms with Gasteiger partial charge < -0.3 is 10.6 Å². The van der Waals surface area contributed by atoms with Gasteiger partial charge in [0.05, 0.1) is 11.4 Å². The Balaban J connectivity index is 1.98. The number of nitrogens with zero attached hydrogens (tertiary/aromatic N) is 3. The average molecular weight is 390 g/mol. The van der Waals surface area contributed by atoms with Crippen molar-refractivity contribution in [2.75, 3.05) is 17.6 Å². The molecule has 2 aromatic rings. The van der Waals surface area contributed by atoms with Crippen LogP contribution in [0.3, 0.4) is 0 Å². The zero-order valence-electron chi connectivity index (χ0n) is 16.1. The number of rotatable bonds is 10. The van der Waals surface area contributed by atoms with E-state index in [0.29, 0.717) is 17.4 Å². The summed E-state index contributed by atoms with van der Waals surface area (Å²) in [5, 5.41) is 14.7. The highest BCUT2D eigenvalue weighted by Crippen LogP contribution is 2.23. The van der Waals surface area contributed by atoms with E-state index in [4.69, 9.17) is 0 Å². The number of unbranched alkanes of at least 4 members (excludes halogenated alkanes) is 3. The molecule has 146 valence electrons. The van der Waals surface area contributed by atoms with Crippen LogP contribution in [0.15, 0.2) is 29.4 Å². The summed E-state index contributed by atoms with van der Waals surface area (Å²) in [5.74, 6) is 0.878. The Morgan fingerprint density at radius 2 is 2.00 bits per heavy atom. The van der Waals surface area contributed by atoms with Crippen LogP contribution >= 0.6 is 11.8 Å². The molecule has 1 heterocycles. The Kier molecular flexibility index (Phi) is 8.32. The minimum absolute atomic E-state index is 0.00398. The van der Waals surface area contributed by atoms with Crippen LogP contribution < -0.4 is 10.6 Å². The van der Waals surface area contributed by atoms with Crippen molar-refractivity contribution in [1.29, 1.82) is 0 Å². The minimum atomic E-state index is -0.127. The number of nitrogens with one attached hydrogen (secondary N) is 2. The lowest BCUT2D eigenvalue weighted by molar-refractivity contribution is -0.118. The molecular weight excluding hydrogens is 362 g/mol. The van der Waals surface area contributed by atoms with E-state index in [1.807, 2.05) is 35.8 Å². The van der Waals surface area contributed by atoms with Gasteiger partial charge in [-0.2, -0.15) is 0 Å². The molecule has 8 heteroatoms. The van der Waals surface area contributed by atoms with Crippen molar-refractivity contribution in [3.63, 3.8) is 0 Å². The first-order valence-electron chi connectivity index (χ1n) is 9.20. The smallest absolute Gasteiger partial charge is 0.230 e. The van der Waals surface area contributed by atoms with Gasteiger partial charge >= 0.3 is 0 Å². The molecule has 1 aromatic carbocycles. The number of hydrogen-bond acceptors (Lipinski definition) is 5. The van der Waals surface area contributed by atoms with Gasteiger partial charge in [0, 0.05) is 19.2 Å². The van der Waals surface area contributed by atoms with E-state index in [0.717, 1.165) is 24.4 Å². The maximum Gasteiger partial charge on any atom is 0.230 e. The fraction of sp³-hybridized carbons (Fsp3) is 0.474. The predicted molar refractivity (Wildman–Crippen MR) is 108 cm³/mol. The molecule has 2 rings (SSSR count). The highest BCUT2D eigenvalue weighted by Gasteiger charge is 2.13. The highest BCUT2D eigenvalue weighted by atomic mass is 32.2. The number of carbonyl (C=O) groups excluding carboxylic acids is 2. The molecular formula is C19H27N5O2S. The molecule has 0 spiro atoms. The van der Waals surface area contributed by atoms with Crippen LogP contribution in [0.1, 0.15) is 45.4 Å². The van der Waals surface area contributed by atoms with Crippen LogP contribution in [0.2, 0.25) is 0 Å². The van der Waals surface area contributed by atoms with E-state index in [1.54, 1.807) is 0 Å². The van der Waals surface area contributed by atoms with Crippen molar-refractivity contribution in [3.05, 3.63) is 30.1 Å². The van der Waals surface area contributed by atoms with E-state index < -0.39 is 0 Å². The predicted octanol–water partition coefficient (Wildman–Crippen LogP) is 3.32. The van der Waals surface area contributed by atoms with Gasteiger partial charge in [-0.3, -0.25) is 14.2 Å². The van der Waals surface area contributed by atoms with Crippen molar-refractivity contribution in [3.8, 4) is 5.69 Å². The first-order valence-corrected chi connectivity index (χ1v) is 10.2. The maximum absolute atomic E-state index is 12.0. The van der Waals surface area contributed by atoms with E-state index in [9.17, 15) is 9.59 Å². The molecule has 1 aromatic heterocycles. The number of carbonyl (C=O) groups is 2. The van der Waals surface area contributed by atoms with Crippen LogP contribution in [0.25, 0.3) is 5.69 Å². The number of amides is 2. The van der Waals surface area contributed by atoms with Gasteiger partial charge in [-0.1, -0.05) is 44.0 Å². The number of thioether (sulfide) groups is 1. The first kappa shape index (κ1) is 21.0. The summed E-state index contributed by atoms with van der Waals surface area (Å²) >= 11 is 1.35. The zero-order chi connectivity index (χ0) is 19.6. The van der Waals surface area contributed by atoms with E-state index in [2.05, 4.69) is 27.8 Å². The molecule has 0 radical (unpaired) electrons. The lowest BCUT2D eigenvalue weighted by Crippen LogP contribution is -2.26. The Morgan fingerprint density at radius 3 is 2.74 bits per heavy atom. The molecule has 0 atom stereocenters. The summed E-state index contributed by atoms with van der Waals surface area (Å²) < 4.78 is 1.88. The first-order chi connectivity index (χ1) is 13.0. The summed E-state index contributed by atoms with van der Waals surface area (Å²) in [7, 11) is 0. The molecule has 0 unspecified atom stereocenters. The van der Waals surface area contributed by atoms with Crippen LogP contribution in [-0.4, -0.2) is 38.9 Å². The molecule has 0 fully saturated rings. The lowest BCUT2D eigenvalue weighted by atomic mass is 10.2. The lowest BCUT2D eigenvalue weighted by Gasteiger charge is -2.10. The molecule has 0 saturated carbocycles. The number of anilines is 1. The molecule has 7 nitrogen and oxygen atoms in total. The van der Waals surface area contributed by atoms with Gasteiger partial charge in [0.25, 0.3) is 0 Å². The number of benzene rings is 1. The van der Waals surface area contributed by atoms with Gasteiger partial charge in [0.2, 0.25) is 11.8 Å². The van der Waals surface area contributed by atoms with Crippen molar-refractivity contribution in [2.45, 2.75) is 51.6 Å². The Bertz CT molecular complexity index is 775. The van der Waals surface area contributed by atoms with Gasteiger partial charge in [-0.15, -0.1) is 10.2 Å². The second kappa shape index (κ2) is 10.7. The fourth-order valence-corrected chi connectivity index (χ4v) is 3.45. The van der Waals surface area contributed by atoms with Crippen LogP contribution in [0.4, 0.5) is 5.69 Å². The summed E-state index contributed by atoms with van der Waals surface area (Å²) in [6.45, 7) is 6.21. The van der Waals surface area contributed by atoms with E-state index >= 15 is 0 Å². The molecule has 0 aliphatic heterocycles. The maximum atomic E-state index is 12.0. The Hall–Kier alpha value is -2.35. The van der Waals surface area contributed by atoms with Crippen LogP contribution in [-0.2, 0) is 9.59 Å². The fourth-order valence-electron chi connectivity index (χ4n) is 2.62. The average Bonchev–Trinajstić information content (AvgIpc) is 3.00. The van der Waals surface area contributed by atoms with E-state index in [-0.39, 0.29) is 17.6 Å². The molecule has 0 aliphatic carbocycles. The molecule has 0 saturated heterocycles. The second-order valence-electron chi connectivity index (χ2n) is 6.30. The highest BCUT2D eigenvalue weighted by molar-refractivity contribution is 7.99. The SMILES string of the molecule is CCCCCCNC(=O)CSc1nnc(C)n1-c1cccc(NC(C)=O)c1. The number of aromatic nitrogens is 3. The summed E-state index contributed by atoms with van der Waals surface area (Å²) in [4.78, 5) is 23.3. The van der Waals surface area contributed by atoms with Crippen molar-refractivity contribution in [1.82, 2.24) is 20.1 Å². The standard InChI is InChI=1S/C19H27N5O2S/c1-4-5-6-7-11-20-18(26)13-27-19-23-22-14(2)24(19)17-10-8-9-16(12-17)21-15(3)25/h8-10,12H,4-7,11,13H2,1-3H3,(H,20,26)(H,21,25). The quantitative estimate of drug-likeness (QED) is 0.481. The van der Waals surface area contributed by atoms with Crippen LogP contribution in [0, 0.1) is 6.92 Å². The largest absolute Gasteiger partial charge is 0.355 e. The van der Waals surface area contributed by atoms with Crippen molar-refractivity contribution < 1.29 is 9.59 Å². The number of hydrogen-bond donors (Lipinski definition) is 2. The minimum Gasteiger partial charge on any atom is -0.355 e. The van der Waals surface area contributed by atoms with Gasteiger partial charge in [-0.25, -0.2) is 0 Å². The zero-order valence-corrected chi connectivity index (χ0v) is 16.9. The third-order valence-corrected chi connectivity index (χ3v) is 4.83. The topological polar surface area (TPSA) is 88.9 Å². The summed E-state index contributed by atoms with van der Waals surface area (Å²) in [6.07, 6.45) is 4.53. The molecule has 2 N–H and O–H groups in total. The van der Waals surface area contributed by atoms with Gasteiger partial charge in [0.15, 0.2) is 5.16 Å². The van der Waals surface area contributed by atoms with Crippen molar-refractivity contribution >= 4 is 29.3 Å². The normalized spacial score (nSPS) is 10.6. The van der Waals surface area contributed by atoms with Crippen molar-refractivity contribution in [2.24, 2.45) is 0 Å². The van der Waals surface area contributed by atoms with Gasteiger partial charge in [-0.05, 0) is 31.5 Å². The molecule has 2 amide bonds. The van der Waals surface area contributed by atoms with Gasteiger partial charge in [0.1, 0.15) is 5.82 Å². The third-order valence-electron chi connectivity index (χ3n) is 3.90. The summed E-state index contributed by atoms with van der Waals surface area (Å²) in [6, 6.07) is 7.45. The Labute approximate surface area is 164 Å². The number of aryl methyl sites for hydroxylation is 1. The molecule has 0 aliphatic rings. The monoisotopic (exact) mass is 389 g/mol. The third kappa shape index (κ3) is 6.71. The van der Waals surface area contributed by atoms with Crippen LogP contribution in [0.5, 0.6) is 0 Å². The molecule has 27 heavy (non-hydrogen) atoms. The Morgan fingerprint density at radius 1 is 1.19 bits per heavy atom. The summed E-state index contributed by atoms with van der Waals surface area (Å²) in [5.41, 5.74) is 1.54. The second-order valence-corrected chi connectivity index (χ2v) is 7.24. The molecule has 0 bridgehead atoms. The van der Waals surface area contributed by atoms with E-state index in [1.165, 1.54) is 31.5 Å².